The number of hydrogen-bond donors (Lipinski definition) is 2. The molecule has 2 N–H and O–H groups in total. The molecule has 1 saturated heterocycles. The fourth-order valence-corrected chi connectivity index (χ4v) is 6.50. The molecule has 1 amide bonds. The maximum atomic E-state index is 13.6. The maximum absolute atomic E-state index is 13.6. The van der Waals surface area contributed by atoms with Gasteiger partial charge in [-0.3, -0.25) is 10.0 Å². The van der Waals surface area contributed by atoms with Crippen LogP contribution in [-0.2, 0) is 14.6 Å². The Balaban J connectivity index is 1.53. The summed E-state index contributed by atoms with van der Waals surface area (Å²) in [6.07, 6.45) is 4.66. The first-order valence-electron chi connectivity index (χ1n) is 11.7. The standard InChI is InChI=1S/C25H32N2O5S/c1-2-3-18-32-22-10-4-19(5-11-22)20-6-12-23(13-7-20)33(30,31)25(24(28)26-29)14-16-27(17-15-25)21-8-9-21/h4-7,10-13,21,29H,2-3,8-9,14-18H2,1H3,(H,26,28). The van der Waals surface area contributed by atoms with Crippen LogP contribution < -0.4 is 10.2 Å². The van der Waals surface area contributed by atoms with Crippen molar-refractivity contribution in [2.45, 2.75) is 61.1 Å². The molecule has 0 spiro atoms. The highest BCUT2D eigenvalue weighted by atomic mass is 32.2. The largest absolute Gasteiger partial charge is 0.494 e. The van der Waals surface area contributed by atoms with Crippen LogP contribution in [0.3, 0.4) is 0 Å². The molecule has 1 aliphatic carbocycles. The predicted octanol–water partition coefficient (Wildman–Crippen LogP) is 3.81. The third-order valence-electron chi connectivity index (χ3n) is 6.82. The number of sulfone groups is 1. The van der Waals surface area contributed by atoms with E-state index in [1.807, 2.05) is 24.3 Å². The molecule has 2 aromatic rings. The van der Waals surface area contributed by atoms with Crippen molar-refractivity contribution in [3.05, 3.63) is 48.5 Å². The molecule has 1 aliphatic heterocycles. The topological polar surface area (TPSA) is 95.9 Å². The third kappa shape index (κ3) is 4.78. The normalized spacial score (nSPS) is 18.6. The molecule has 0 bridgehead atoms. The molecular weight excluding hydrogens is 440 g/mol. The summed E-state index contributed by atoms with van der Waals surface area (Å²) >= 11 is 0. The van der Waals surface area contributed by atoms with Gasteiger partial charge in [0.1, 0.15) is 5.75 Å². The first kappa shape index (κ1) is 23.7. The van der Waals surface area contributed by atoms with Crippen LogP contribution in [0.2, 0.25) is 0 Å². The molecule has 2 fully saturated rings. The van der Waals surface area contributed by atoms with Crippen LogP contribution in [0.5, 0.6) is 5.75 Å². The fourth-order valence-electron chi connectivity index (χ4n) is 4.54. The van der Waals surface area contributed by atoms with E-state index in [2.05, 4.69) is 11.8 Å². The molecular formula is C25H32N2O5S. The number of carbonyl (C=O) groups is 1. The van der Waals surface area contributed by atoms with E-state index >= 15 is 0 Å². The third-order valence-corrected chi connectivity index (χ3v) is 9.33. The molecule has 0 aromatic heterocycles. The van der Waals surface area contributed by atoms with E-state index in [0.29, 0.717) is 25.7 Å². The first-order valence-corrected chi connectivity index (χ1v) is 13.2. The lowest BCUT2D eigenvalue weighted by molar-refractivity contribution is -0.133. The number of rotatable bonds is 9. The summed E-state index contributed by atoms with van der Waals surface area (Å²) in [5, 5.41) is 9.35. The highest BCUT2D eigenvalue weighted by Crippen LogP contribution is 2.39. The lowest BCUT2D eigenvalue weighted by Crippen LogP contribution is -2.58. The number of amides is 1. The number of benzene rings is 2. The number of likely N-dealkylation sites (tertiary alicyclic amines) is 1. The first-order chi connectivity index (χ1) is 15.9. The monoisotopic (exact) mass is 472 g/mol. The van der Waals surface area contributed by atoms with Crippen LogP contribution in [0.15, 0.2) is 53.4 Å². The Hall–Kier alpha value is -2.42. The van der Waals surface area contributed by atoms with Crippen molar-refractivity contribution in [3.8, 4) is 16.9 Å². The van der Waals surface area contributed by atoms with Crippen molar-refractivity contribution in [3.63, 3.8) is 0 Å². The minimum Gasteiger partial charge on any atom is -0.494 e. The summed E-state index contributed by atoms with van der Waals surface area (Å²) in [6.45, 7) is 3.86. The molecule has 4 rings (SSSR count). The van der Waals surface area contributed by atoms with Gasteiger partial charge < -0.3 is 9.64 Å². The van der Waals surface area contributed by atoms with Gasteiger partial charge in [0.25, 0.3) is 5.91 Å². The van der Waals surface area contributed by atoms with Crippen molar-refractivity contribution in [1.29, 1.82) is 0 Å². The van der Waals surface area contributed by atoms with Gasteiger partial charge in [0, 0.05) is 19.1 Å². The summed E-state index contributed by atoms with van der Waals surface area (Å²) in [5.74, 6) is -0.0402. The zero-order valence-corrected chi connectivity index (χ0v) is 19.8. The average Bonchev–Trinajstić information content (AvgIpc) is 3.70. The van der Waals surface area contributed by atoms with Gasteiger partial charge in [-0.1, -0.05) is 37.6 Å². The van der Waals surface area contributed by atoms with E-state index < -0.39 is 20.5 Å². The predicted molar refractivity (Wildman–Crippen MR) is 126 cm³/mol. The number of carbonyl (C=O) groups excluding carboxylic acids is 1. The summed E-state index contributed by atoms with van der Waals surface area (Å²) < 4.78 is 31.3. The second kappa shape index (κ2) is 9.83. The quantitative estimate of drug-likeness (QED) is 0.327. The maximum Gasteiger partial charge on any atom is 0.265 e. The zero-order valence-electron chi connectivity index (χ0n) is 19.0. The van der Waals surface area contributed by atoms with Crippen LogP contribution in [0.25, 0.3) is 11.1 Å². The smallest absolute Gasteiger partial charge is 0.265 e. The molecule has 0 unspecified atom stereocenters. The van der Waals surface area contributed by atoms with Crippen LogP contribution in [0.1, 0.15) is 45.4 Å². The van der Waals surface area contributed by atoms with Crippen LogP contribution in [0, 0.1) is 0 Å². The minimum atomic E-state index is -4.00. The SMILES string of the molecule is CCCCOc1ccc(-c2ccc(S(=O)(=O)C3(C(=O)NO)CCN(C4CC4)CC3)cc2)cc1. The van der Waals surface area contributed by atoms with Crippen LogP contribution >= 0.6 is 0 Å². The fraction of sp³-hybridized carbons (Fsp3) is 0.480. The number of nitrogens with zero attached hydrogens (tertiary/aromatic N) is 1. The Kier molecular flexibility index (Phi) is 7.07. The van der Waals surface area contributed by atoms with Gasteiger partial charge in [-0.05, 0) is 67.5 Å². The molecule has 2 aliphatic rings. The molecule has 2 aromatic carbocycles. The second-order valence-electron chi connectivity index (χ2n) is 8.96. The van der Waals surface area contributed by atoms with E-state index in [-0.39, 0.29) is 17.7 Å². The van der Waals surface area contributed by atoms with Gasteiger partial charge in [0.15, 0.2) is 14.6 Å². The average molecular weight is 473 g/mol. The Labute approximate surface area is 195 Å². The van der Waals surface area contributed by atoms with Gasteiger partial charge in [-0.25, -0.2) is 13.9 Å². The van der Waals surface area contributed by atoms with E-state index in [1.165, 1.54) is 0 Å². The van der Waals surface area contributed by atoms with Crippen molar-refractivity contribution in [1.82, 2.24) is 10.4 Å². The summed E-state index contributed by atoms with van der Waals surface area (Å²) in [7, 11) is -4.00. The highest BCUT2D eigenvalue weighted by molar-refractivity contribution is 7.93. The van der Waals surface area contributed by atoms with Crippen LogP contribution in [-0.4, -0.2) is 54.9 Å². The van der Waals surface area contributed by atoms with Gasteiger partial charge in [0.05, 0.1) is 11.5 Å². The second-order valence-corrected chi connectivity index (χ2v) is 11.2. The molecule has 33 heavy (non-hydrogen) atoms. The lowest BCUT2D eigenvalue weighted by atomic mass is 9.94. The number of unbranched alkanes of at least 4 members (excludes halogenated alkanes) is 1. The molecule has 0 atom stereocenters. The summed E-state index contributed by atoms with van der Waals surface area (Å²) in [5.41, 5.74) is 3.44. The molecule has 8 heteroatoms. The van der Waals surface area contributed by atoms with Crippen molar-refractivity contribution >= 4 is 15.7 Å². The summed E-state index contributed by atoms with van der Waals surface area (Å²) in [4.78, 5) is 15.0. The number of ether oxygens (including phenoxy) is 1. The minimum absolute atomic E-state index is 0.0919. The Bertz CT molecular complexity index is 1050. The Morgan fingerprint density at radius 1 is 1.06 bits per heavy atom. The van der Waals surface area contributed by atoms with Crippen molar-refractivity contribution in [2.75, 3.05) is 19.7 Å². The number of hydroxylamine groups is 1. The number of nitrogens with one attached hydrogen (secondary N) is 1. The van der Waals surface area contributed by atoms with Crippen LogP contribution in [0.4, 0.5) is 0 Å². The van der Waals surface area contributed by atoms with Crippen molar-refractivity contribution < 1.29 is 23.2 Å². The van der Waals surface area contributed by atoms with Gasteiger partial charge in [0.2, 0.25) is 0 Å². The van der Waals surface area contributed by atoms with Gasteiger partial charge in [-0.2, -0.15) is 0 Å². The van der Waals surface area contributed by atoms with Gasteiger partial charge >= 0.3 is 0 Å². The molecule has 7 nitrogen and oxygen atoms in total. The highest BCUT2D eigenvalue weighted by Gasteiger charge is 2.53. The molecule has 178 valence electrons. The van der Waals surface area contributed by atoms with E-state index in [1.54, 1.807) is 29.7 Å². The zero-order chi connectivity index (χ0) is 23.5. The molecule has 1 heterocycles. The van der Waals surface area contributed by atoms with Crippen molar-refractivity contribution in [2.24, 2.45) is 0 Å². The lowest BCUT2D eigenvalue weighted by Gasteiger charge is -2.39. The van der Waals surface area contributed by atoms with Gasteiger partial charge in [-0.15, -0.1) is 0 Å². The van der Waals surface area contributed by atoms with E-state index in [0.717, 1.165) is 42.6 Å². The molecule has 0 radical (unpaired) electrons. The number of piperidine rings is 1. The Morgan fingerprint density at radius 2 is 1.64 bits per heavy atom. The number of hydrogen-bond acceptors (Lipinski definition) is 6. The van der Waals surface area contributed by atoms with E-state index in [9.17, 15) is 18.4 Å². The summed E-state index contributed by atoms with van der Waals surface area (Å²) in [6, 6.07) is 14.8. The Morgan fingerprint density at radius 3 is 2.15 bits per heavy atom. The van der Waals surface area contributed by atoms with E-state index in [4.69, 9.17) is 4.74 Å². The molecule has 1 saturated carbocycles.